The molecule has 1 fully saturated rings. The Hall–Kier alpha value is -0.420. The number of halogens is 3. The molecule has 1 aliphatic rings. The van der Waals surface area contributed by atoms with Crippen molar-refractivity contribution in [3.05, 3.63) is 0 Å². The summed E-state index contributed by atoms with van der Waals surface area (Å²) in [6, 6.07) is -0.337. The third-order valence-electron chi connectivity index (χ3n) is 1.90. The fourth-order valence-corrected chi connectivity index (χ4v) is 1.30. The maximum Gasteiger partial charge on any atom is 0.303 e. The molecule has 1 atom stereocenters. The molecule has 0 aromatic carbocycles. The van der Waals surface area contributed by atoms with E-state index in [1.807, 2.05) is 0 Å². The molecular formula is C7H12ClF2NO2. The second-order valence-corrected chi connectivity index (χ2v) is 3.07. The van der Waals surface area contributed by atoms with E-state index in [0.29, 0.717) is 0 Å². The van der Waals surface area contributed by atoms with Gasteiger partial charge in [0.05, 0.1) is 6.54 Å². The van der Waals surface area contributed by atoms with Crippen molar-refractivity contribution < 1.29 is 18.7 Å². The predicted octanol–water partition coefficient (Wildman–Crippen LogP) is 1.27. The Kier molecular flexibility index (Phi) is 4.56. The molecular weight excluding hydrogens is 204 g/mol. The van der Waals surface area contributed by atoms with Gasteiger partial charge in [0.1, 0.15) is 0 Å². The minimum absolute atomic E-state index is 0. The van der Waals surface area contributed by atoms with Crippen molar-refractivity contribution in [1.82, 2.24) is 5.32 Å². The topological polar surface area (TPSA) is 49.3 Å². The van der Waals surface area contributed by atoms with Crippen molar-refractivity contribution in [2.75, 3.05) is 6.54 Å². The third kappa shape index (κ3) is 4.38. The number of hydrogen-bond donors (Lipinski definition) is 2. The van der Waals surface area contributed by atoms with Crippen LogP contribution in [0, 0.1) is 0 Å². The van der Waals surface area contributed by atoms with Crippen LogP contribution in [0.1, 0.15) is 19.3 Å². The summed E-state index contributed by atoms with van der Waals surface area (Å²) in [6.07, 6.45) is -0.00104. The van der Waals surface area contributed by atoms with Gasteiger partial charge in [-0.1, -0.05) is 0 Å². The zero-order chi connectivity index (χ0) is 9.19. The lowest BCUT2D eigenvalue weighted by atomic mass is 10.1. The van der Waals surface area contributed by atoms with Crippen molar-refractivity contribution >= 4 is 18.4 Å². The van der Waals surface area contributed by atoms with Crippen LogP contribution in [0.4, 0.5) is 8.78 Å². The molecule has 0 aromatic heterocycles. The molecule has 13 heavy (non-hydrogen) atoms. The Labute approximate surface area is 80.9 Å². The van der Waals surface area contributed by atoms with Crippen molar-refractivity contribution in [3.63, 3.8) is 0 Å². The maximum atomic E-state index is 12.5. The molecule has 1 heterocycles. The Morgan fingerprint density at radius 2 is 2.23 bits per heavy atom. The first-order valence-corrected chi connectivity index (χ1v) is 3.83. The van der Waals surface area contributed by atoms with Crippen molar-refractivity contribution in [3.8, 4) is 0 Å². The number of nitrogens with one attached hydrogen (secondary N) is 1. The lowest BCUT2D eigenvalue weighted by molar-refractivity contribution is -0.137. The smallest absolute Gasteiger partial charge is 0.303 e. The highest BCUT2D eigenvalue weighted by atomic mass is 35.5. The number of aliphatic carboxylic acids is 1. The van der Waals surface area contributed by atoms with Gasteiger partial charge in [0.2, 0.25) is 0 Å². The lowest BCUT2D eigenvalue weighted by Gasteiger charge is -2.07. The van der Waals surface area contributed by atoms with Crippen molar-refractivity contribution in [2.24, 2.45) is 0 Å². The summed E-state index contributed by atoms with van der Waals surface area (Å²) >= 11 is 0. The van der Waals surface area contributed by atoms with E-state index in [1.54, 1.807) is 0 Å². The summed E-state index contributed by atoms with van der Waals surface area (Å²) in [5.41, 5.74) is 0. The fourth-order valence-electron chi connectivity index (χ4n) is 1.30. The molecule has 0 aliphatic carbocycles. The van der Waals surface area contributed by atoms with E-state index < -0.39 is 11.9 Å². The molecule has 1 aliphatic heterocycles. The average molecular weight is 216 g/mol. The van der Waals surface area contributed by atoms with E-state index in [2.05, 4.69) is 5.32 Å². The van der Waals surface area contributed by atoms with Crippen LogP contribution in [0.15, 0.2) is 0 Å². The van der Waals surface area contributed by atoms with Crippen LogP contribution in [0.2, 0.25) is 0 Å². The van der Waals surface area contributed by atoms with Gasteiger partial charge in [-0.2, -0.15) is 0 Å². The second-order valence-electron chi connectivity index (χ2n) is 3.07. The van der Waals surface area contributed by atoms with Crippen LogP contribution < -0.4 is 5.32 Å². The van der Waals surface area contributed by atoms with Gasteiger partial charge in [-0.05, 0) is 6.42 Å². The van der Waals surface area contributed by atoms with Crippen LogP contribution in [0.25, 0.3) is 0 Å². The molecule has 6 heteroatoms. The van der Waals surface area contributed by atoms with Gasteiger partial charge in [0.15, 0.2) is 0 Å². The average Bonchev–Trinajstić information content (AvgIpc) is 2.26. The highest BCUT2D eigenvalue weighted by Crippen LogP contribution is 2.26. The van der Waals surface area contributed by atoms with E-state index in [4.69, 9.17) is 5.11 Å². The Bertz CT molecular complexity index is 189. The molecule has 0 bridgehead atoms. The van der Waals surface area contributed by atoms with Gasteiger partial charge in [0, 0.05) is 18.9 Å². The normalized spacial score (nSPS) is 25.2. The number of carboxylic acids is 1. The van der Waals surface area contributed by atoms with E-state index in [-0.39, 0.29) is 44.3 Å². The minimum Gasteiger partial charge on any atom is -0.481 e. The van der Waals surface area contributed by atoms with Crippen LogP contribution in [-0.4, -0.2) is 29.6 Å². The molecule has 0 aromatic rings. The Morgan fingerprint density at radius 3 is 2.62 bits per heavy atom. The Morgan fingerprint density at radius 1 is 1.62 bits per heavy atom. The number of alkyl halides is 2. The van der Waals surface area contributed by atoms with Crippen LogP contribution >= 0.6 is 12.4 Å². The summed E-state index contributed by atoms with van der Waals surface area (Å²) in [5.74, 6) is -3.59. The molecule has 0 spiro atoms. The van der Waals surface area contributed by atoms with Gasteiger partial charge in [-0.3, -0.25) is 4.79 Å². The van der Waals surface area contributed by atoms with Crippen LogP contribution in [0.5, 0.6) is 0 Å². The lowest BCUT2D eigenvalue weighted by Crippen LogP contribution is -2.22. The molecule has 0 saturated carbocycles. The molecule has 1 rings (SSSR count). The highest BCUT2D eigenvalue weighted by Gasteiger charge is 2.38. The van der Waals surface area contributed by atoms with E-state index in [0.717, 1.165) is 0 Å². The summed E-state index contributed by atoms with van der Waals surface area (Å²) in [7, 11) is 0. The quantitative estimate of drug-likeness (QED) is 0.746. The zero-order valence-corrected chi connectivity index (χ0v) is 7.74. The molecule has 78 valence electrons. The number of carboxylic acid groups (broad SMARTS) is 1. The molecule has 3 nitrogen and oxygen atoms in total. The summed E-state index contributed by atoms with van der Waals surface area (Å²) in [6.45, 7) is -0.322. The number of carbonyl (C=O) groups is 1. The standard InChI is InChI=1S/C7H11F2NO2.ClH/c8-7(9)3-5(10-4-7)1-2-6(11)12;/h5,10H,1-4H2,(H,11,12);1H/t5-;/m1./s1. The molecule has 1 saturated heterocycles. The van der Waals surface area contributed by atoms with E-state index >= 15 is 0 Å². The zero-order valence-electron chi connectivity index (χ0n) is 6.93. The second kappa shape index (κ2) is 4.72. The molecule has 0 unspecified atom stereocenters. The van der Waals surface area contributed by atoms with Gasteiger partial charge < -0.3 is 10.4 Å². The Balaban J connectivity index is 0.00000144. The van der Waals surface area contributed by atoms with Crippen molar-refractivity contribution in [2.45, 2.75) is 31.2 Å². The largest absolute Gasteiger partial charge is 0.481 e. The number of hydrogen-bond acceptors (Lipinski definition) is 2. The molecule has 2 N–H and O–H groups in total. The maximum absolute atomic E-state index is 12.5. The monoisotopic (exact) mass is 215 g/mol. The first-order valence-electron chi connectivity index (χ1n) is 3.83. The predicted molar refractivity (Wildman–Crippen MR) is 45.5 cm³/mol. The van der Waals surface area contributed by atoms with Crippen molar-refractivity contribution in [1.29, 1.82) is 0 Å². The van der Waals surface area contributed by atoms with Gasteiger partial charge in [-0.15, -0.1) is 12.4 Å². The highest BCUT2D eigenvalue weighted by molar-refractivity contribution is 5.85. The first kappa shape index (κ1) is 12.6. The van der Waals surface area contributed by atoms with E-state index in [9.17, 15) is 13.6 Å². The van der Waals surface area contributed by atoms with Crippen LogP contribution in [0.3, 0.4) is 0 Å². The first-order chi connectivity index (χ1) is 5.49. The number of rotatable bonds is 3. The van der Waals surface area contributed by atoms with Gasteiger partial charge in [0.25, 0.3) is 5.92 Å². The summed E-state index contributed by atoms with van der Waals surface area (Å²) in [4.78, 5) is 10.1. The molecule has 0 radical (unpaired) electrons. The fraction of sp³-hybridized carbons (Fsp3) is 0.857. The van der Waals surface area contributed by atoms with E-state index in [1.165, 1.54) is 0 Å². The minimum atomic E-state index is -2.65. The SMILES string of the molecule is Cl.O=C(O)CC[C@@H]1CC(F)(F)CN1. The summed E-state index contributed by atoms with van der Waals surface area (Å²) in [5, 5.41) is 10.9. The summed E-state index contributed by atoms with van der Waals surface area (Å²) < 4.78 is 25.0. The van der Waals surface area contributed by atoms with Gasteiger partial charge in [-0.25, -0.2) is 8.78 Å². The molecule has 0 amide bonds. The van der Waals surface area contributed by atoms with Gasteiger partial charge >= 0.3 is 5.97 Å². The third-order valence-corrected chi connectivity index (χ3v) is 1.90. The van der Waals surface area contributed by atoms with Crippen LogP contribution in [-0.2, 0) is 4.79 Å².